The zero-order valence-corrected chi connectivity index (χ0v) is 14.4. The first-order valence-electron chi connectivity index (χ1n) is 8.46. The van der Waals surface area contributed by atoms with Crippen molar-refractivity contribution in [2.45, 2.75) is 19.1 Å². The highest BCUT2D eigenvalue weighted by Crippen LogP contribution is 2.22. The van der Waals surface area contributed by atoms with E-state index in [4.69, 9.17) is 4.74 Å². The average molecular weight is 349 g/mol. The van der Waals surface area contributed by atoms with Crippen LogP contribution in [0, 0.1) is 5.82 Å². The van der Waals surface area contributed by atoms with Crippen LogP contribution in [0.2, 0.25) is 0 Å². The SMILES string of the molecule is C[C@H](Oc1ccc(F)cc1)C(=O)NC(c1ccccc1)c1ccccc1. The Balaban J connectivity index is 1.75. The minimum absolute atomic E-state index is 0.243. The number of carbonyl (C=O) groups excluding carboxylic acids is 1. The van der Waals surface area contributed by atoms with Crippen LogP contribution in [0.15, 0.2) is 84.9 Å². The molecule has 0 fully saturated rings. The molecule has 0 radical (unpaired) electrons. The molecule has 1 amide bonds. The van der Waals surface area contributed by atoms with Gasteiger partial charge in [0.25, 0.3) is 5.91 Å². The first-order valence-corrected chi connectivity index (χ1v) is 8.46. The summed E-state index contributed by atoms with van der Waals surface area (Å²) >= 11 is 0. The molecule has 4 heteroatoms. The van der Waals surface area contributed by atoms with Crippen LogP contribution in [0.1, 0.15) is 24.1 Å². The first-order chi connectivity index (χ1) is 12.6. The number of hydrogen-bond donors (Lipinski definition) is 1. The summed E-state index contributed by atoms with van der Waals surface area (Å²) in [5, 5.41) is 3.04. The van der Waals surface area contributed by atoms with E-state index in [-0.39, 0.29) is 17.8 Å². The Kier molecular flexibility index (Phi) is 5.64. The molecule has 3 nitrogen and oxygen atoms in total. The van der Waals surface area contributed by atoms with E-state index in [1.54, 1.807) is 6.92 Å². The third-order valence-corrected chi connectivity index (χ3v) is 4.05. The van der Waals surface area contributed by atoms with E-state index in [9.17, 15) is 9.18 Å². The van der Waals surface area contributed by atoms with Crippen LogP contribution < -0.4 is 10.1 Å². The molecule has 0 aromatic heterocycles. The second-order valence-electron chi connectivity index (χ2n) is 5.98. The van der Waals surface area contributed by atoms with Crippen LogP contribution in [0.5, 0.6) is 5.75 Å². The molecule has 0 saturated carbocycles. The van der Waals surface area contributed by atoms with Crippen molar-refractivity contribution in [1.82, 2.24) is 5.32 Å². The molecule has 132 valence electrons. The maximum atomic E-state index is 13.0. The Morgan fingerprint density at radius 2 is 1.35 bits per heavy atom. The Morgan fingerprint density at radius 3 is 1.85 bits per heavy atom. The molecule has 0 bridgehead atoms. The van der Waals surface area contributed by atoms with Gasteiger partial charge in [0, 0.05) is 0 Å². The third-order valence-electron chi connectivity index (χ3n) is 4.05. The standard InChI is InChI=1S/C22H20FNO2/c1-16(26-20-14-12-19(23)13-15-20)22(25)24-21(17-8-4-2-5-9-17)18-10-6-3-7-11-18/h2-16,21H,1H3,(H,24,25)/t16-/m0/s1. The average Bonchev–Trinajstić information content (AvgIpc) is 2.69. The number of hydrogen-bond acceptors (Lipinski definition) is 2. The highest BCUT2D eigenvalue weighted by atomic mass is 19.1. The van der Waals surface area contributed by atoms with Gasteiger partial charge in [-0.25, -0.2) is 4.39 Å². The van der Waals surface area contributed by atoms with Crippen LogP contribution in [-0.4, -0.2) is 12.0 Å². The zero-order chi connectivity index (χ0) is 18.4. The van der Waals surface area contributed by atoms with Crippen LogP contribution in [0.4, 0.5) is 4.39 Å². The van der Waals surface area contributed by atoms with Gasteiger partial charge in [-0.2, -0.15) is 0 Å². The number of benzene rings is 3. The summed E-state index contributed by atoms with van der Waals surface area (Å²) in [6.45, 7) is 1.67. The first kappa shape index (κ1) is 17.7. The van der Waals surface area contributed by atoms with Gasteiger partial charge in [-0.3, -0.25) is 4.79 Å². The van der Waals surface area contributed by atoms with Crippen LogP contribution in [0.25, 0.3) is 0 Å². The predicted octanol–water partition coefficient (Wildman–Crippen LogP) is 4.50. The molecule has 3 rings (SSSR count). The minimum atomic E-state index is -0.713. The fourth-order valence-electron chi connectivity index (χ4n) is 2.68. The lowest BCUT2D eigenvalue weighted by Crippen LogP contribution is -2.39. The normalized spacial score (nSPS) is 11.8. The van der Waals surface area contributed by atoms with Gasteiger partial charge >= 0.3 is 0 Å². The second-order valence-corrected chi connectivity index (χ2v) is 5.98. The summed E-state index contributed by atoms with van der Waals surface area (Å²) < 4.78 is 18.6. The number of carbonyl (C=O) groups is 1. The smallest absolute Gasteiger partial charge is 0.261 e. The fraction of sp³-hybridized carbons (Fsp3) is 0.136. The lowest BCUT2D eigenvalue weighted by Gasteiger charge is -2.22. The summed E-state index contributed by atoms with van der Waals surface area (Å²) in [4.78, 5) is 12.7. The molecule has 3 aromatic carbocycles. The largest absolute Gasteiger partial charge is 0.481 e. The van der Waals surface area contributed by atoms with Crippen molar-refractivity contribution in [3.63, 3.8) is 0 Å². The van der Waals surface area contributed by atoms with Crippen molar-refractivity contribution in [2.75, 3.05) is 0 Å². The predicted molar refractivity (Wildman–Crippen MR) is 99.4 cm³/mol. The summed E-state index contributed by atoms with van der Waals surface area (Å²) in [6.07, 6.45) is -0.713. The molecule has 0 aliphatic carbocycles. The molecule has 1 N–H and O–H groups in total. The molecular formula is C22H20FNO2. The molecule has 0 heterocycles. The van der Waals surface area contributed by atoms with E-state index in [0.717, 1.165) is 11.1 Å². The van der Waals surface area contributed by atoms with Crippen molar-refractivity contribution >= 4 is 5.91 Å². The lowest BCUT2D eigenvalue weighted by molar-refractivity contribution is -0.127. The quantitative estimate of drug-likeness (QED) is 0.712. The molecule has 0 aliphatic heterocycles. The van der Waals surface area contributed by atoms with Crippen molar-refractivity contribution in [1.29, 1.82) is 0 Å². The Morgan fingerprint density at radius 1 is 0.846 bits per heavy atom. The summed E-state index contributed by atoms with van der Waals surface area (Å²) in [5.74, 6) is -0.139. The van der Waals surface area contributed by atoms with Crippen molar-refractivity contribution < 1.29 is 13.9 Å². The molecule has 3 aromatic rings. The van der Waals surface area contributed by atoms with E-state index >= 15 is 0 Å². The maximum absolute atomic E-state index is 13.0. The van der Waals surface area contributed by atoms with E-state index in [2.05, 4.69) is 5.32 Å². The summed E-state index contributed by atoms with van der Waals surface area (Å²) in [7, 11) is 0. The van der Waals surface area contributed by atoms with Crippen molar-refractivity contribution in [3.8, 4) is 5.75 Å². The maximum Gasteiger partial charge on any atom is 0.261 e. The van der Waals surface area contributed by atoms with E-state index < -0.39 is 6.10 Å². The monoisotopic (exact) mass is 349 g/mol. The van der Waals surface area contributed by atoms with Crippen molar-refractivity contribution in [2.24, 2.45) is 0 Å². The summed E-state index contributed by atoms with van der Waals surface area (Å²) in [6, 6.07) is 24.9. The Hall–Kier alpha value is -3.14. The van der Waals surface area contributed by atoms with E-state index in [0.29, 0.717) is 5.75 Å². The van der Waals surface area contributed by atoms with Gasteiger partial charge < -0.3 is 10.1 Å². The van der Waals surface area contributed by atoms with Gasteiger partial charge in [0.05, 0.1) is 6.04 Å². The number of amides is 1. The van der Waals surface area contributed by atoms with E-state index in [1.165, 1.54) is 24.3 Å². The second kappa shape index (κ2) is 8.30. The molecule has 26 heavy (non-hydrogen) atoms. The molecule has 0 saturated heterocycles. The minimum Gasteiger partial charge on any atom is -0.481 e. The van der Waals surface area contributed by atoms with Gasteiger partial charge in [0.2, 0.25) is 0 Å². The Bertz CT molecular complexity index is 796. The molecular weight excluding hydrogens is 329 g/mol. The van der Waals surface area contributed by atoms with Gasteiger partial charge in [0.1, 0.15) is 11.6 Å². The topological polar surface area (TPSA) is 38.3 Å². The van der Waals surface area contributed by atoms with Crippen LogP contribution >= 0.6 is 0 Å². The van der Waals surface area contributed by atoms with Crippen molar-refractivity contribution in [3.05, 3.63) is 102 Å². The molecule has 0 unspecified atom stereocenters. The van der Waals surface area contributed by atoms with Gasteiger partial charge in [-0.1, -0.05) is 60.7 Å². The molecule has 0 spiro atoms. The number of halogens is 1. The number of nitrogens with one attached hydrogen (secondary N) is 1. The lowest BCUT2D eigenvalue weighted by atomic mass is 9.98. The van der Waals surface area contributed by atoms with Gasteiger partial charge in [-0.05, 0) is 42.3 Å². The fourth-order valence-corrected chi connectivity index (χ4v) is 2.68. The van der Waals surface area contributed by atoms with Crippen LogP contribution in [-0.2, 0) is 4.79 Å². The van der Waals surface area contributed by atoms with Gasteiger partial charge in [0.15, 0.2) is 6.10 Å². The summed E-state index contributed by atoms with van der Waals surface area (Å²) in [5.41, 5.74) is 1.97. The number of rotatable bonds is 6. The zero-order valence-electron chi connectivity index (χ0n) is 14.4. The van der Waals surface area contributed by atoms with Gasteiger partial charge in [-0.15, -0.1) is 0 Å². The van der Waals surface area contributed by atoms with Crippen LogP contribution in [0.3, 0.4) is 0 Å². The highest BCUT2D eigenvalue weighted by molar-refractivity contribution is 5.81. The molecule has 0 aliphatic rings. The van der Waals surface area contributed by atoms with E-state index in [1.807, 2.05) is 60.7 Å². The third kappa shape index (κ3) is 4.48. The number of ether oxygens (including phenoxy) is 1. The Labute approximate surface area is 152 Å². The molecule has 1 atom stereocenters. The highest BCUT2D eigenvalue weighted by Gasteiger charge is 2.21.